The van der Waals surface area contributed by atoms with Crippen molar-refractivity contribution in [2.24, 2.45) is 0 Å². The molecule has 0 saturated carbocycles. The van der Waals surface area contributed by atoms with Gasteiger partial charge in [-0.1, -0.05) is 12.2 Å². The van der Waals surface area contributed by atoms with Gasteiger partial charge in [-0.2, -0.15) is 0 Å². The van der Waals surface area contributed by atoms with Crippen molar-refractivity contribution in [1.29, 1.82) is 0 Å². The van der Waals surface area contributed by atoms with Gasteiger partial charge < -0.3 is 4.74 Å². The lowest BCUT2D eigenvalue weighted by Crippen LogP contribution is -2.16. The van der Waals surface area contributed by atoms with Gasteiger partial charge in [0.15, 0.2) is 0 Å². The summed E-state index contributed by atoms with van der Waals surface area (Å²) in [6.45, 7) is 0.0515. The number of hydrogen-bond acceptors (Lipinski definition) is 2. The summed E-state index contributed by atoms with van der Waals surface area (Å²) >= 11 is 5.19. The van der Waals surface area contributed by atoms with Gasteiger partial charge in [0.25, 0.3) is 0 Å². The minimum absolute atomic E-state index is 0.0515. The van der Waals surface area contributed by atoms with E-state index in [-0.39, 0.29) is 12.7 Å². The number of carbonyl (C=O) groups is 1. The minimum atomic E-state index is -0.405. The summed E-state index contributed by atoms with van der Waals surface area (Å²) in [6.07, 6.45) is 9.94. The lowest BCUT2D eigenvalue weighted by molar-refractivity contribution is -0.118. The molecule has 0 aromatic heterocycles. The van der Waals surface area contributed by atoms with E-state index in [0.717, 1.165) is 32.1 Å². The summed E-state index contributed by atoms with van der Waals surface area (Å²) in [5.74, 6) is 0. The Hall–Kier alpha value is -0.340. The van der Waals surface area contributed by atoms with Gasteiger partial charge in [0.1, 0.15) is 6.61 Å². The maximum Gasteiger partial charge on any atom is 0.247 e. The molecule has 0 fully saturated rings. The van der Waals surface area contributed by atoms with Gasteiger partial charge in [-0.25, -0.2) is 0 Å². The van der Waals surface area contributed by atoms with Crippen LogP contribution in [0.2, 0.25) is 0 Å². The molecule has 3 heteroatoms. The molecule has 1 aliphatic rings. The highest BCUT2D eigenvalue weighted by Crippen LogP contribution is 2.15. The minimum Gasteiger partial charge on any atom is -0.369 e. The van der Waals surface area contributed by atoms with E-state index in [1.807, 2.05) is 0 Å². The van der Waals surface area contributed by atoms with Crippen LogP contribution in [-0.2, 0) is 9.53 Å². The Morgan fingerprint density at radius 2 is 2.15 bits per heavy atom. The van der Waals surface area contributed by atoms with Crippen LogP contribution in [0.25, 0.3) is 0 Å². The fourth-order valence-corrected chi connectivity index (χ4v) is 1.54. The van der Waals surface area contributed by atoms with Crippen molar-refractivity contribution in [3.05, 3.63) is 12.2 Å². The molecule has 0 N–H and O–H groups in total. The van der Waals surface area contributed by atoms with E-state index in [9.17, 15) is 4.79 Å². The predicted molar refractivity (Wildman–Crippen MR) is 52.8 cm³/mol. The zero-order valence-electron chi connectivity index (χ0n) is 7.67. The lowest BCUT2D eigenvalue weighted by Gasteiger charge is -2.17. The second-order valence-corrected chi connectivity index (χ2v) is 3.69. The van der Waals surface area contributed by atoms with Crippen LogP contribution < -0.4 is 0 Å². The Kier molecular flexibility index (Phi) is 5.09. The van der Waals surface area contributed by atoms with E-state index >= 15 is 0 Å². The molecule has 1 atom stereocenters. The number of allylic oxidation sites excluding steroid dienone is 2. The van der Waals surface area contributed by atoms with E-state index in [0.29, 0.717) is 0 Å². The molecule has 0 spiro atoms. The zero-order valence-corrected chi connectivity index (χ0v) is 8.43. The second kappa shape index (κ2) is 6.17. The number of halogens is 1. The van der Waals surface area contributed by atoms with Crippen LogP contribution in [0, 0.1) is 0 Å². The molecule has 0 amide bonds. The van der Waals surface area contributed by atoms with Gasteiger partial charge in [-0.3, -0.25) is 4.79 Å². The first kappa shape index (κ1) is 10.7. The smallest absolute Gasteiger partial charge is 0.247 e. The molecule has 0 aliphatic heterocycles. The first-order chi connectivity index (χ1) is 6.29. The van der Waals surface area contributed by atoms with Crippen LogP contribution in [0.5, 0.6) is 0 Å². The summed E-state index contributed by atoms with van der Waals surface area (Å²) in [5, 5.41) is -0.405. The van der Waals surface area contributed by atoms with Crippen molar-refractivity contribution in [3.63, 3.8) is 0 Å². The van der Waals surface area contributed by atoms with E-state index in [1.54, 1.807) is 0 Å². The first-order valence-corrected chi connectivity index (χ1v) is 5.12. The van der Waals surface area contributed by atoms with Crippen LogP contribution >= 0.6 is 11.6 Å². The molecule has 0 heterocycles. The van der Waals surface area contributed by atoms with Crippen molar-refractivity contribution in [2.75, 3.05) is 6.61 Å². The molecule has 0 aromatic carbocycles. The van der Waals surface area contributed by atoms with Gasteiger partial charge in [0.05, 0.1) is 6.10 Å². The van der Waals surface area contributed by atoms with Crippen molar-refractivity contribution >= 4 is 16.8 Å². The molecule has 0 aromatic rings. The maximum atomic E-state index is 10.5. The molecule has 1 unspecified atom stereocenters. The Balaban J connectivity index is 2.23. The topological polar surface area (TPSA) is 26.3 Å². The predicted octanol–water partition coefficient (Wildman–Crippen LogP) is 2.66. The van der Waals surface area contributed by atoms with E-state index in [1.165, 1.54) is 0 Å². The molecule has 2 nitrogen and oxygen atoms in total. The number of rotatable bonds is 3. The average Bonchev–Trinajstić information content (AvgIpc) is 2.01. The highest BCUT2D eigenvalue weighted by molar-refractivity contribution is 6.63. The highest BCUT2D eigenvalue weighted by Gasteiger charge is 2.10. The van der Waals surface area contributed by atoms with Gasteiger partial charge in [0.2, 0.25) is 5.24 Å². The van der Waals surface area contributed by atoms with Crippen LogP contribution in [-0.4, -0.2) is 18.0 Å². The summed E-state index contributed by atoms with van der Waals surface area (Å²) in [4.78, 5) is 10.5. The third-order valence-corrected chi connectivity index (χ3v) is 2.26. The fraction of sp³-hybridized carbons (Fsp3) is 0.700. The van der Waals surface area contributed by atoms with Crippen molar-refractivity contribution in [3.8, 4) is 0 Å². The normalized spacial score (nSPS) is 23.6. The molecule has 1 rings (SSSR count). The third-order valence-electron chi connectivity index (χ3n) is 2.15. The van der Waals surface area contributed by atoms with E-state index in [4.69, 9.17) is 16.3 Å². The Bertz CT molecular complexity index is 189. The van der Waals surface area contributed by atoms with Crippen LogP contribution in [0.3, 0.4) is 0 Å². The summed E-state index contributed by atoms with van der Waals surface area (Å²) in [6, 6.07) is 0. The van der Waals surface area contributed by atoms with Gasteiger partial charge in [0, 0.05) is 0 Å². The average molecular weight is 203 g/mol. The number of ether oxygens (including phenoxy) is 1. The lowest BCUT2D eigenvalue weighted by atomic mass is 10.0. The molecule has 1 aliphatic carbocycles. The van der Waals surface area contributed by atoms with E-state index < -0.39 is 5.24 Å². The Morgan fingerprint density at radius 3 is 2.92 bits per heavy atom. The summed E-state index contributed by atoms with van der Waals surface area (Å²) < 4.78 is 5.36. The van der Waals surface area contributed by atoms with Gasteiger partial charge >= 0.3 is 0 Å². The highest BCUT2D eigenvalue weighted by atomic mass is 35.5. The zero-order chi connectivity index (χ0) is 9.52. The van der Waals surface area contributed by atoms with Crippen molar-refractivity contribution < 1.29 is 9.53 Å². The fourth-order valence-electron chi connectivity index (χ4n) is 1.48. The van der Waals surface area contributed by atoms with Crippen molar-refractivity contribution in [2.45, 2.75) is 38.2 Å². The van der Waals surface area contributed by atoms with Crippen molar-refractivity contribution in [1.82, 2.24) is 0 Å². The van der Waals surface area contributed by atoms with Crippen LogP contribution in [0.4, 0.5) is 0 Å². The van der Waals surface area contributed by atoms with Crippen LogP contribution in [0.15, 0.2) is 12.2 Å². The molecular formula is C10H15ClO2. The molecule has 74 valence electrons. The second-order valence-electron chi connectivity index (χ2n) is 3.27. The maximum absolute atomic E-state index is 10.5. The quantitative estimate of drug-likeness (QED) is 0.520. The Labute approximate surface area is 83.9 Å². The van der Waals surface area contributed by atoms with Gasteiger partial charge in [-0.05, 0) is 43.7 Å². The summed E-state index contributed by atoms with van der Waals surface area (Å²) in [5.41, 5.74) is 0. The molecule has 0 bridgehead atoms. The third kappa shape index (κ3) is 5.06. The molecular weight excluding hydrogens is 188 g/mol. The summed E-state index contributed by atoms with van der Waals surface area (Å²) in [7, 11) is 0. The number of carbonyl (C=O) groups excluding carboxylic acids is 1. The largest absolute Gasteiger partial charge is 0.369 e. The van der Waals surface area contributed by atoms with Gasteiger partial charge in [-0.15, -0.1) is 0 Å². The SMILES string of the molecule is O=C(Cl)COC1CCC=CCCC1. The first-order valence-electron chi connectivity index (χ1n) is 4.74. The Morgan fingerprint density at radius 1 is 1.38 bits per heavy atom. The monoisotopic (exact) mass is 202 g/mol. The number of hydrogen-bond donors (Lipinski definition) is 0. The molecule has 0 saturated heterocycles. The van der Waals surface area contributed by atoms with E-state index in [2.05, 4.69) is 12.2 Å². The standard InChI is InChI=1S/C10H15ClO2/c11-10(12)8-13-9-6-4-2-1-3-5-7-9/h1-2,9H,3-8H2. The van der Waals surface area contributed by atoms with Crippen LogP contribution in [0.1, 0.15) is 32.1 Å². The molecule has 13 heavy (non-hydrogen) atoms. The molecule has 0 radical (unpaired) electrons.